The summed E-state index contributed by atoms with van der Waals surface area (Å²) in [6, 6.07) is 0. The fourth-order valence-corrected chi connectivity index (χ4v) is 5.93. The molecule has 0 heterocycles. The van der Waals surface area contributed by atoms with Crippen molar-refractivity contribution in [2.75, 3.05) is 0 Å². The molecule has 112 valence electrons. The summed E-state index contributed by atoms with van der Waals surface area (Å²) in [5.74, 6) is 1.74. The van der Waals surface area contributed by atoms with Crippen LogP contribution in [0.3, 0.4) is 0 Å². The number of rotatable bonds is 1. The van der Waals surface area contributed by atoms with Gasteiger partial charge in [-0.15, -0.1) is 6.58 Å². The fourth-order valence-electron chi connectivity index (χ4n) is 5.93. The molecule has 0 radical (unpaired) electrons. The number of hydrogen-bond acceptors (Lipinski definition) is 0. The maximum atomic E-state index is 4.09. The van der Waals surface area contributed by atoms with Crippen LogP contribution in [0.4, 0.5) is 0 Å². The molecule has 0 heteroatoms. The molecule has 3 rings (SSSR count). The van der Waals surface area contributed by atoms with Gasteiger partial charge in [0, 0.05) is 0 Å². The van der Waals surface area contributed by atoms with Gasteiger partial charge in [-0.2, -0.15) is 0 Å². The molecule has 0 bridgehead atoms. The molecule has 0 amide bonds. The Kier molecular flexibility index (Phi) is 3.23. The number of allylic oxidation sites excluding steroid dienone is 3. The zero-order valence-corrected chi connectivity index (χ0v) is 14.0. The van der Waals surface area contributed by atoms with E-state index in [-0.39, 0.29) is 0 Å². The monoisotopic (exact) mass is 272 g/mol. The molecule has 3 aliphatic rings. The second kappa shape index (κ2) is 4.49. The molecule has 0 aromatic carbocycles. The average molecular weight is 272 g/mol. The van der Waals surface area contributed by atoms with E-state index in [4.69, 9.17) is 0 Å². The van der Waals surface area contributed by atoms with Gasteiger partial charge in [0.05, 0.1) is 0 Å². The molecule has 0 aliphatic heterocycles. The van der Waals surface area contributed by atoms with Crippen molar-refractivity contribution in [2.24, 2.45) is 28.1 Å². The van der Waals surface area contributed by atoms with Crippen molar-refractivity contribution in [3.63, 3.8) is 0 Å². The highest BCUT2D eigenvalue weighted by atomic mass is 14.6. The Morgan fingerprint density at radius 3 is 2.60 bits per heavy atom. The van der Waals surface area contributed by atoms with Gasteiger partial charge < -0.3 is 0 Å². The standard InChI is InChI=1S/C20H32/c1-6-19(4)13-10-16-15(14-19)8-9-17-18(2,3)11-7-12-20(16,17)5/h6,10,15,17H,1,7-9,11-14H2,2-5H3/t15?,17?,19?,20-/m1/s1. The van der Waals surface area contributed by atoms with Gasteiger partial charge in [0.1, 0.15) is 0 Å². The van der Waals surface area contributed by atoms with E-state index in [9.17, 15) is 0 Å². The van der Waals surface area contributed by atoms with Crippen LogP contribution in [0.5, 0.6) is 0 Å². The van der Waals surface area contributed by atoms with Gasteiger partial charge in [0.25, 0.3) is 0 Å². The molecule has 0 aromatic rings. The highest BCUT2D eigenvalue weighted by molar-refractivity contribution is 5.28. The lowest BCUT2D eigenvalue weighted by molar-refractivity contribution is -0.0153. The first-order chi connectivity index (χ1) is 9.31. The lowest BCUT2D eigenvalue weighted by atomic mass is 9.46. The molecule has 0 saturated heterocycles. The Bertz CT molecular complexity index is 441. The van der Waals surface area contributed by atoms with Gasteiger partial charge in [-0.1, -0.05) is 51.8 Å². The highest BCUT2D eigenvalue weighted by Gasteiger charge is 2.53. The quantitative estimate of drug-likeness (QED) is 0.503. The topological polar surface area (TPSA) is 0 Å². The molecule has 0 spiro atoms. The molecule has 0 nitrogen and oxygen atoms in total. The number of hydrogen-bond donors (Lipinski definition) is 0. The zero-order valence-electron chi connectivity index (χ0n) is 14.0. The molecule has 3 aliphatic carbocycles. The summed E-state index contributed by atoms with van der Waals surface area (Å²) in [6.07, 6.45) is 14.5. The van der Waals surface area contributed by atoms with Crippen LogP contribution in [0.2, 0.25) is 0 Å². The van der Waals surface area contributed by atoms with Crippen LogP contribution in [0.15, 0.2) is 24.3 Å². The van der Waals surface area contributed by atoms with E-state index in [1.165, 1.54) is 44.9 Å². The van der Waals surface area contributed by atoms with Crippen LogP contribution in [-0.2, 0) is 0 Å². The van der Waals surface area contributed by atoms with Crippen LogP contribution in [-0.4, -0.2) is 0 Å². The van der Waals surface area contributed by atoms with Crippen molar-refractivity contribution in [2.45, 2.75) is 72.6 Å². The largest absolute Gasteiger partial charge is 0.103 e. The summed E-state index contributed by atoms with van der Waals surface area (Å²) >= 11 is 0. The van der Waals surface area contributed by atoms with Crippen LogP contribution in [0.25, 0.3) is 0 Å². The van der Waals surface area contributed by atoms with Gasteiger partial charge in [0.2, 0.25) is 0 Å². The Hall–Kier alpha value is -0.520. The predicted octanol–water partition coefficient (Wildman–Crippen LogP) is 6.14. The summed E-state index contributed by atoms with van der Waals surface area (Å²) in [6.45, 7) is 14.1. The second-order valence-electron chi connectivity index (χ2n) is 9.01. The van der Waals surface area contributed by atoms with Crippen molar-refractivity contribution >= 4 is 0 Å². The van der Waals surface area contributed by atoms with Gasteiger partial charge in [-0.3, -0.25) is 0 Å². The third-order valence-electron chi connectivity index (χ3n) is 7.13. The first-order valence-electron chi connectivity index (χ1n) is 8.65. The molecule has 0 aromatic heterocycles. The minimum atomic E-state index is 0.349. The van der Waals surface area contributed by atoms with Crippen LogP contribution in [0.1, 0.15) is 72.6 Å². The van der Waals surface area contributed by atoms with Crippen LogP contribution >= 0.6 is 0 Å². The molecule has 4 atom stereocenters. The van der Waals surface area contributed by atoms with E-state index in [0.717, 1.165) is 11.8 Å². The summed E-state index contributed by atoms with van der Waals surface area (Å²) in [5, 5.41) is 0. The minimum Gasteiger partial charge on any atom is -0.103 e. The Morgan fingerprint density at radius 2 is 1.90 bits per heavy atom. The van der Waals surface area contributed by atoms with Gasteiger partial charge in [0.15, 0.2) is 0 Å². The van der Waals surface area contributed by atoms with Crippen molar-refractivity contribution in [3.05, 3.63) is 24.3 Å². The predicted molar refractivity (Wildman–Crippen MR) is 87.6 cm³/mol. The molecule has 20 heavy (non-hydrogen) atoms. The van der Waals surface area contributed by atoms with Crippen molar-refractivity contribution in [3.8, 4) is 0 Å². The Labute approximate surface area is 125 Å². The van der Waals surface area contributed by atoms with Gasteiger partial charge in [-0.25, -0.2) is 0 Å². The lowest BCUT2D eigenvalue weighted by Crippen LogP contribution is -2.49. The first kappa shape index (κ1) is 14.4. The smallest absolute Gasteiger partial charge is 0.00803 e. The normalized spacial score (nSPS) is 46.9. The second-order valence-corrected chi connectivity index (χ2v) is 9.01. The average Bonchev–Trinajstić information content (AvgIpc) is 2.37. The van der Waals surface area contributed by atoms with E-state index < -0.39 is 0 Å². The summed E-state index contributed by atoms with van der Waals surface area (Å²) in [5.41, 5.74) is 3.22. The van der Waals surface area contributed by atoms with E-state index in [1.54, 1.807) is 0 Å². The van der Waals surface area contributed by atoms with Crippen molar-refractivity contribution in [1.82, 2.24) is 0 Å². The van der Waals surface area contributed by atoms with E-state index in [1.807, 2.05) is 5.57 Å². The zero-order chi connectivity index (χ0) is 14.6. The van der Waals surface area contributed by atoms with E-state index >= 15 is 0 Å². The van der Waals surface area contributed by atoms with Crippen molar-refractivity contribution in [1.29, 1.82) is 0 Å². The van der Waals surface area contributed by atoms with Gasteiger partial charge in [-0.05, 0) is 66.6 Å². The van der Waals surface area contributed by atoms with Gasteiger partial charge >= 0.3 is 0 Å². The summed E-state index contributed by atoms with van der Waals surface area (Å²) in [4.78, 5) is 0. The molecule has 3 unspecified atom stereocenters. The summed E-state index contributed by atoms with van der Waals surface area (Å²) < 4.78 is 0. The number of fused-ring (bicyclic) bond motifs is 3. The highest BCUT2D eigenvalue weighted by Crippen LogP contribution is 2.63. The summed E-state index contributed by atoms with van der Waals surface area (Å²) in [7, 11) is 0. The SMILES string of the molecule is C=CC1(C)CC=C2C(CCC3C(C)(C)CCC[C@]23C)C1. The molecule has 2 saturated carbocycles. The van der Waals surface area contributed by atoms with Crippen molar-refractivity contribution < 1.29 is 0 Å². The molecule has 0 N–H and O–H groups in total. The van der Waals surface area contributed by atoms with Crippen LogP contribution < -0.4 is 0 Å². The fraction of sp³-hybridized carbons (Fsp3) is 0.800. The third kappa shape index (κ3) is 2.02. The Morgan fingerprint density at radius 1 is 1.15 bits per heavy atom. The molecule has 2 fully saturated rings. The third-order valence-corrected chi connectivity index (χ3v) is 7.13. The van der Waals surface area contributed by atoms with E-state index in [2.05, 4.69) is 46.4 Å². The van der Waals surface area contributed by atoms with E-state index in [0.29, 0.717) is 16.2 Å². The maximum Gasteiger partial charge on any atom is -0.00803 e. The maximum absolute atomic E-state index is 4.09. The molecular weight excluding hydrogens is 240 g/mol. The molecular formula is C20H32. The van der Waals surface area contributed by atoms with Crippen LogP contribution in [0, 0.1) is 28.1 Å². The Balaban J connectivity index is 1.96. The first-order valence-corrected chi connectivity index (χ1v) is 8.65. The minimum absolute atomic E-state index is 0.349. The lowest BCUT2D eigenvalue weighted by Gasteiger charge is -2.58.